The molecule has 192 valence electrons. The van der Waals surface area contributed by atoms with Crippen LogP contribution in [0.2, 0.25) is 0 Å². The number of aliphatic hydroxyl groups is 3. The van der Waals surface area contributed by atoms with E-state index in [0.29, 0.717) is 43.3 Å². The molecule has 2 aromatic carbocycles. The fourth-order valence-corrected chi connectivity index (χ4v) is 4.50. The number of benzene rings is 2. The van der Waals surface area contributed by atoms with Crippen molar-refractivity contribution in [3.05, 3.63) is 53.1 Å². The predicted molar refractivity (Wildman–Crippen MR) is 125 cm³/mol. The fourth-order valence-electron chi connectivity index (χ4n) is 4.50. The molecule has 4 rings (SSSR count). The molecule has 6 atom stereocenters. The van der Waals surface area contributed by atoms with Gasteiger partial charge in [0.1, 0.15) is 60.5 Å². The van der Waals surface area contributed by atoms with Crippen LogP contribution in [-0.2, 0) is 15.9 Å². The number of alkyl halides is 1. The molecule has 2 aliphatic heterocycles. The van der Waals surface area contributed by atoms with E-state index in [-0.39, 0.29) is 6.10 Å². The van der Waals surface area contributed by atoms with Crippen LogP contribution in [0.25, 0.3) is 0 Å². The summed E-state index contributed by atoms with van der Waals surface area (Å²) in [7, 11) is 1.56. The number of ether oxygens (including phenoxy) is 5. The minimum atomic E-state index is -1.56. The van der Waals surface area contributed by atoms with Crippen LogP contribution in [0, 0.1) is 0 Å². The van der Waals surface area contributed by atoms with Gasteiger partial charge < -0.3 is 39.0 Å². The lowest BCUT2D eigenvalue weighted by atomic mass is 9.89. The molecule has 0 bridgehead atoms. The Balaban J connectivity index is 1.61. The smallest absolute Gasteiger partial charge is 0.128 e. The van der Waals surface area contributed by atoms with E-state index in [9.17, 15) is 19.7 Å². The first-order valence-electron chi connectivity index (χ1n) is 11.9. The summed E-state index contributed by atoms with van der Waals surface area (Å²) in [5.74, 6) is 1.74. The summed E-state index contributed by atoms with van der Waals surface area (Å²) in [4.78, 5) is 0. The molecule has 2 fully saturated rings. The van der Waals surface area contributed by atoms with E-state index in [2.05, 4.69) is 0 Å². The van der Waals surface area contributed by atoms with Crippen LogP contribution in [0.1, 0.15) is 36.1 Å². The molecule has 35 heavy (non-hydrogen) atoms. The van der Waals surface area contributed by atoms with Crippen LogP contribution < -0.4 is 14.2 Å². The molecule has 2 heterocycles. The lowest BCUT2D eigenvalue weighted by Gasteiger charge is -2.40. The molecule has 0 aliphatic carbocycles. The number of hydrogen-bond donors (Lipinski definition) is 3. The molecule has 9 heteroatoms. The average molecular weight is 493 g/mol. The van der Waals surface area contributed by atoms with Crippen molar-refractivity contribution in [2.45, 2.75) is 56.4 Å². The van der Waals surface area contributed by atoms with Gasteiger partial charge in [0, 0.05) is 24.5 Å². The van der Waals surface area contributed by atoms with Gasteiger partial charge in [0.25, 0.3) is 0 Å². The van der Waals surface area contributed by atoms with Gasteiger partial charge in [-0.25, -0.2) is 4.39 Å². The van der Waals surface area contributed by atoms with E-state index >= 15 is 0 Å². The third-order valence-electron chi connectivity index (χ3n) is 6.39. The van der Waals surface area contributed by atoms with Gasteiger partial charge in [0.15, 0.2) is 0 Å². The summed E-state index contributed by atoms with van der Waals surface area (Å²) in [6.07, 6.45) is -5.49. The molecule has 0 amide bonds. The summed E-state index contributed by atoms with van der Waals surface area (Å²) in [5.41, 5.74) is 2.23. The fraction of sp³-hybridized carbons (Fsp3) is 0.538. The van der Waals surface area contributed by atoms with Crippen molar-refractivity contribution in [1.29, 1.82) is 0 Å². The minimum absolute atomic E-state index is 0.0681. The highest BCUT2D eigenvalue weighted by atomic mass is 19.1. The summed E-state index contributed by atoms with van der Waals surface area (Å²) < 4.78 is 41.8. The van der Waals surface area contributed by atoms with Crippen LogP contribution in [0.3, 0.4) is 0 Å². The second-order valence-electron chi connectivity index (χ2n) is 8.78. The van der Waals surface area contributed by atoms with Crippen molar-refractivity contribution in [3.63, 3.8) is 0 Å². The first-order chi connectivity index (χ1) is 16.9. The van der Waals surface area contributed by atoms with Gasteiger partial charge in [-0.2, -0.15) is 0 Å². The van der Waals surface area contributed by atoms with Crippen LogP contribution >= 0.6 is 0 Å². The summed E-state index contributed by atoms with van der Waals surface area (Å²) in [5, 5.41) is 31.0. The highest BCUT2D eigenvalue weighted by molar-refractivity contribution is 5.50. The zero-order valence-corrected chi connectivity index (χ0v) is 19.9. The summed E-state index contributed by atoms with van der Waals surface area (Å²) >= 11 is 0. The molecule has 2 saturated heterocycles. The molecule has 3 N–H and O–H groups in total. The predicted octanol–water partition coefficient (Wildman–Crippen LogP) is 2.34. The maximum atomic E-state index is 13.5. The Hall–Kier alpha value is -2.43. The highest BCUT2D eigenvalue weighted by Gasteiger charge is 2.45. The van der Waals surface area contributed by atoms with Crippen molar-refractivity contribution in [1.82, 2.24) is 0 Å². The largest absolute Gasteiger partial charge is 0.496 e. The maximum Gasteiger partial charge on any atom is 0.128 e. The number of halogens is 1. The Morgan fingerprint density at radius 3 is 2.43 bits per heavy atom. The van der Waals surface area contributed by atoms with Crippen molar-refractivity contribution in [2.24, 2.45) is 0 Å². The van der Waals surface area contributed by atoms with Crippen molar-refractivity contribution in [2.75, 3.05) is 33.6 Å². The normalized spacial score (nSPS) is 28.6. The van der Waals surface area contributed by atoms with Gasteiger partial charge >= 0.3 is 0 Å². The molecule has 0 aromatic heterocycles. The van der Waals surface area contributed by atoms with Gasteiger partial charge in [0.2, 0.25) is 0 Å². The SMILES string of the molecule is CCOc1cc(OC)c(Cc2ccc(O[C@H]3CCOC3)cc2)cc1[C@@H]1O[C@H](CF)[C@H](O)[C@H](O)[C@@H]1O. The number of rotatable bonds is 9. The summed E-state index contributed by atoms with van der Waals surface area (Å²) in [6, 6.07) is 11.2. The molecule has 8 nitrogen and oxygen atoms in total. The van der Waals surface area contributed by atoms with Crippen molar-refractivity contribution < 1.29 is 43.4 Å². The lowest BCUT2D eigenvalue weighted by Crippen LogP contribution is -2.54. The first-order valence-corrected chi connectivity index (χ1v) is 11.9. The Labute approximate surface area is 204 Å². The third kappa shape index (κ3) is 5.70. The highest BCUT2D eigenvalue weighted by Crippen LogP contribution is 2.41. The van der Waals surface area contributed by atoms with E-state index in [1.165, 1.54) is 0 Å². The molecular weight excluding hydrogens is 459 g/mol. The second kappa shape index (κ2) is 11.5. The monoisotopic (exact) mass is 492 g/mol. The van der Waals surface area contributed by atoms with Crippen molar-refractivity contribution in [3.8, 4) is 17.2 Å². The number of aliphatic hydroxyl groups excluding tert-OH is 3. The van der Waals surface area contributed by atoms with Crippen LogP contribution in [0.4, 0.5) is 4.39 Å². The Bertz CT molecular complexity index is 961. The second-order valence-corrected chi connectivity index (χ2v) is 8.78. The van der Waals surface area contributed by atoms with Gasteiger partial charge in [0.05, 0.1) is 26.9 Å². The standard InChI is InChI=1S/C26H33FO8/c1-3-33-21-12-20(31-2)16(10-15-4-6-17(7-5-15)34-18-8-9-32-14-18)11-19(21)26-25(30)24(29)23(28)22(13-27)35-26/h4-7,11-12,18,22-26,28-30H,3,8-10,13-14H2,1-2H3/t18-,22+,23-,24-,25-,26-/m0/s1. The van der Waals surface area contributed by atoms with Crippen LogP contribution in [0.5, 0.6) is 17.2 Å². The Morgan fingerprint density at radius 2 is 1.80 bits per heavy atom. The zero-order chi connectivity index (χ0) is 24.9. The van der Waals surface area contributed by atoms with E-state index in [0.717, 1.165) is 23.3 Å². The van der Waals surface area contributed by atoms with Crippen LogP contribution in [-0.4, -0.2) is 79.4 Å². The van der Waals surface area contributed by atoms with E-state index in [1.807, 2.05) is 31.2 Å². The number of hydrogen-bond acceptors (Lipinski definition) is 8. The molecule has 0 radical (unpaired) electrons. The molecule has 0 saturated carbocycles. The Morgan fingerprint density at radius 1 is 1.03 bits per heavy atom. The zero-order valence-electron chi connectivity index (χ0n) is 19.9. The van der Waals surface area contributed by atoms with Crippen LogP contribution in [0.15, 0.2) is 36.4 Å². The van der Waals surface area contributed by atoms with Gasteiger partial charge in [-0.05, 0) is 36.2 Å². The molecule has 2 aliphatic rings. The summed E-state index contributed by atoms with van der Waals surface area (Å²) in [6.45, 7) is 2.45. The number of methoxy groups -OCH3 is 1. The first kappa shape index (κ1) is 25.7. The third-order valence-corrected chi connectivity index (χ3v) is 6.39. The minimum Gasteiger partial charge on any atom is -0.496 e. The average Bonchev–Trinajstić information content (AvgIpc) is 3.38. The van der Waals surface area contributed by atoms with Gasteiger partial charge in [-0.1, -0.05) is 12.1 Å². The van der Waals surface area contributed by atoms with Gasteiger partial charge in [-0.15, -0.1) is 0 Å². The van der Waals surface area contributed by atoms with Crippen molar-refractivity contribution >= 4 is 0 Å². The van der Waals surface area contributed by atoms with E-state index in [1.54, 1.807) is 19.2 Å². The Kier molecular flexibility index (Phi) is 8.46. The topological polar surface area (TPSA) is 107 Å². The molecule has 0 spiro atoms. The molecular formula is C26H33FO8. The lowest BCUT2D eigenvalue weighted by molar-refractivity contribution is -0.227. The molecule has 0 unspecified atom stereocenters. The van der Waals surface area contributed by atoms with E-state index in [4.69, 9.17) is 23.7 Å². The van der Waals surface area contributed by atoms with Gasteiger partial charge in [-0.3, -0.25) is 0 Å². The maximum absolute atomic E-state index is 13.5. The molecule has 2 aromatic rings. The van der Waals surface area contributed by atoms with E-state index < -0.39 is 37.2 Å². The quantitative estimate of drug-likeness (QED) is 0.490.